The number of hydrogen-bond acceptors (Lipinski definition) is 2. The van der Waals surface area contributed by atoms with Crippen molar-refractivity contribution in [3.63, 3.8) is 0 Å². The monoisotopic (exact) mass is 291 g/mol. The lowest BCUT2D eigenvalue weighted by atomic mass is 10.1. The Balaban J connectivity index is 2.31. The van der Waals surface area contributed by atoms with Crippen LogP contribution >= 0.6 is 15.9 Å². The van der Waals surface area contributed by atoms with Crippen molar-refractivity contribution in [2.24, 2.45) is 0 Å². The van der Waals surface area contributed by atoms with Crippen molar-refractivity contribution < 1.29 is 4.74 Å². The highest BCUT2D eigenvalue weighted by Crippen LogP contribution is 2.25. The Morgan fingerprint density at radius 1 is 1.18 bits per heavy atom. The third-order valence-electron chi connectivity index (χ3n) is 2.40. The molecule has 2 aromatic rings. The van der Waals surface area contributed by atoms with E-state index in [2.05, 4.69) is 40.8 Å². The van der Waals surface area contributed by atoms with Crippen LogP contribution in [0.3, 0.4) is 0 Å². The SMILES string of the molecule is Cc1cc(C)cc(Oc2ncccc2CBr)c1. The van der Waals surface area contributed by atoms with Crippen LogP contribution in [0.4, 0.5) is 0 Å². The molecule has 0 spiro atoms. The van der Waals surface area contributed by atoms with Gasteiger partial charge in [-0.2, -0.15) is 0 Å². The van der Waals surface area contributed by atoms with E-state index in [1.165, 1.54) is 11.1 Å². The summed E-state index contributed by atoms with van der Waals surface area (Å²) in [6, 6.07) is 10.1. The summed E-state index contributed by atoms with van der Waals surface area (Å²) in [6.45, 7) is 4.12. The summed E-state index contributed by atoms with van der Waals surface area (Å²) >= 11 is 3.43. The van der Waals surface area contributed by atoms with Gasteiger partial charge >= 0.3 is 0 Å². The highest BCUT2D eigenvalue weighted by atomic mass is 79.9. The fraction of sp³-hybridized carbons (Fsp3) is 0.214. The molecule has 0 amide bonds. The first-order valence-electron chi connectivity index (χ1n) is 5.45. The summed E-state index contributed by atoms with van der Waals surface area (Å²) in [5.41, 5.74) is 3.43. The van der Waals surface area contributed by atoms with Crippen LogP contribution in [-0.2, 0) is 5.33 Å². The van der Waals surface area contributed by atoms with Crippen LogP contribution in [0.25, 0.3) is 0 Å². The van der Waals surface area contributed by atoms with Crippen LogP contribution in [0.2, 0.25) is 0 Å². The zero-order valence-electron chi connectivity index (χ0n) is 9.90. The molecule has 0 radical (unpaired) electrons. The Morgan fingerprint density at radius 2 is 1.88 bits per heavy atom. The zero-order valence-corrected chi connectivity index (χ0v) is 11.5. The maximum atomic E-state index is 5.82. The Labute approximate surface area is 110 Å². The Kier molecular flexibility index (Phi) is 3.79. The van der Waals surface area contributed by atoms with Gasteiger partial charge in [0.15, 0.2) is 0 Å². The lowest BCUT2D eigenvalue weighted by Crippen LogP contribution is -1.93. The summed E-state index contributed by atoms with van der Waals surface area (Å²) in [6.07, 6.45) is 1.74. The molecule has 0 bridgehead atoms. The van der Waals surface area contributed by atoms with Gasteiger partial charge in [-0.15, -0.1) is 0 Å². The molecule has 17 heavy (non-hydrogen) atoms. The van der Waals surface area contributed by atoms with Crippen molar-refractivity contribution in [3.8, 4) is 11.6 Å². The third kappa shape index (κ3) is 3.07. The van der Waals surface area contributed by atoms with Crippen LogP contribution in [-0.4, -0.2) is 4.98 Å². The zero-order chi connectivity index (χ0) is 12.3. The highest BCUT2D eigenvalue weighted by Gasteiger charge is 2.05. The molecular formula is C14H14BrNO. The highest BCUT2D eigenvalue weighted by molar-refractivity contribution is 9.08. The number of hydrogen-bond donors (Lipinski definition) is 0. The van der Waals surface area contributed by atoms with Gasteiger partial charge in [0.25, 0.3) is 0 Å². The molecule has 0 fully saturated rings. The van der Waals surface area contributed by atoms with Crippen molar-refractivity contribution in [1.82, 2.24) is 4.98 Å². The number of ether oxygens (including phenoxy) is 1. The first-order valence-corrected chi connectivity index (χ1v) is 6.57. The Hall–Kier alpha value is -1.35. The van der Waals surface area contributed by atoms with E-state index in [-0.39, 0.29) is 0 Å². The molecule has 0 atom stereocenters. The van der Waals surface area contributed by atoms with Crippen LogP contribution in [0, 0.1) is 13.8 Å². The second kappa shape index (κ2) is 5.32. The van der Waals surface area contributed by atoms with Gasteiger partial charge in [-0.25, -0.2) is 4.98 Å². The van der Waals surface area contributed by atoms with Crippen LogP contribution in [0.1, 0.15) is 16.7 Å². The molecule has 0 aliphatic heterocycles. The molecule has 1 aromatic heterocycles. The minimum atomic E-state index is 0.661. The topological polar surface area (TPSA) is 22.1 Å². The van der Waals surface area contributed by atoms with Gasteiger partial charge in [0, 0.05) is 17.1 Å². The number of benzene rings is 1. The number of alkyl halides is 1. The average molecular weight is 292 g/mol. The fourth-order valence-electron chi connectivity index (χ4n) is 1.72. The number of aromatic nitrogens is 1. The predicted octanol–water partition coefficient (Wildman–Crippen LogP) is 4.39. The third-order valence-corrected chi connectivity index (χ3v) is 3.01. The van der Waals surface area contributed by atoms with E-state index < -0.39 is 0 Å². The molecule has 0 aliphatic carbocycles. The molecule has 0 unspecified atom stereocenters. The van der Waals surface area contributed by atoms with Crippen LogP contribution in [0.15, 0.2) is 36.5 Å². The van der Waals surface area contributed by atoms with Crippen molar-refractivity contribution in [1.29, 1.82) is 0 Å². The quantitative estimate of drug-likeness (QED) is 0.783. The van der Waals surface area contributed by atoms with Crippen molar-refractivity contribution >= 4 is 15.9 Å². The summed E-state index contributed by atoms with van der Waals surface area (Å²) in [5, 5.41) is 0.737. The fourth-order valence-corrected chi connectivity index (χ4v) is 2.15. The van der Waals surface area contributed by atoms with E-state index in [0.29, 0.717) is 5.88 Å². The number of pyridine rings is 1. The van der Waals surface area contributed by atoms with E-state index in [4.69, 9.17) is 4.74 Å². The molecule has 0 saturated heterocycles. The van der Waals surface area contributed by atoms with Gasteiger partial charge < -0.3 is 4.74 Å². The van der Waals surface area contributed by atoms with Gasteiger partial charge in [-0.1, -0.05) is 28.1 Å². The first kappa shape index (κ1) is 12.1. The standard InChI is InChI=1S/C14H14BrNO/c1-10-6-11(2)8-13(7-10)17-14-12(9-15)4-3-5-16-14/h3-8H,9H2,1-2H3. The van der Waals surface area contributed by atoms with Crippen LogP contribution < -0.4 is 4.74 Å². The molecule has 0 saturated carbocycles. The van der Waals surface area contributed by atoms with Crippen LogP contribution in [0.5, 0.6) is 11.6 Å². The summed E-state index contributed by atoms with van der Waals surface area (Å²) in [5.74, 6) is 1.50. The van der Waals surface area contributed by atoms with E-state index in [1.807, 2.05) is 24.3 Å². The Morgan fingerprint density at radius 3 is 2.53 bits per heavy atom. The molecule has 0 N–H and O–H groups in total. The number of nitrogens with zero attached hydrogens (tertiary/aromatic N) is 1. The molecule has 1 heterocycles. The number of halogens is 1. The van der Waals surface area contributed by atoms with E-state index in [1.54, 1.807) is 6.20 Å². The minimum absolute atomic E-state index is 0.661. The molecule has 0 aliphatic rings. The van der Waals surface area contributed by atoms with E-state index in [0.717, 1.165) is 16.6 Å². The predicted molar refractivity (Wildman–Crippen MR) is 72.9 cm³/mol. The molecule has 1 aromatic carbocycles. The maximum Gasteiger partial charge on any atom is 0.223 e. The summed E-state index contributed by atoms with van der Waals surface area (Å²) in [4.78, 5) is 4.25. The lowest BCUT2D eigenvalue weighted by molar-refractivity contribution is 0.458. The molecule has 2 nitrogen and oxygen atoms in total. The van der Waals surface area contributed by atoms with Gasteiger partial charge in [0.2, 0.25) is 5.88 Å². The lowest BCUT2D eigenvalue weighted by Gasteiger charge is -2.09. The van der Waals surface area contributed by atoms with Gasteiger partial charge in [-0.05, 0) is 43.2 Å². The number of rotatable bonds is 3. The maximum absolute atomic E-state index is 5.82. The minimum Gasteiger partial charge on any atom is -0.439 e. The van der Waals surface area contributed by atoms with Gasteiger partial charge in [-0.3, -0.25) is 0 Å². The largest absolute Gasteiger partial charge is 0.439 e. The van der Waals surface area contributed by atoms with Gasteiger partial charge in [0.05, 0.1) is 0 Å². The second-order valence-electron chi connectivity index (χ2n) is 4.03. The van der Waals surface area contributed by atoms with E-state index >= 15 is 0 Å². The molecular weight excluding hydrogens is 278 g/mol. The average Bonchev–Trinajstić information content (AvgIpc) is 2.28. The molecule has 2 rings (SSSR count). The first-order chi connectivity index (χ1) is 8.19. The normalized spacial score (nSPS) is 10.3. The molecule has 88 valence electrons. The molecule has 3 heteroatoms. The summed E-state index contributed by atoms with van der Waals surface area (Å²) < 4.78 is 5.82. The smallest absolute Gasteiger partial charge is 0.223 e. The second-order valence-corrected chi connectivity index (χ2v) is 4.59. The van der Waals surface area contributed by atoms with Crippen molar-refractivity contribution in [2.45, 2.75) is 19.2 Å². The van der Waals surface area contributed by atoms with Crippen molar-refractivity contribution in [3.05, 3.63) is 53.2 Å². The number of aryl methyl sites for hydroxylation is 2. The summed E-state index contributed by atoms with van der Waals surface area (Å²) in [7, 11) is 0. The van der Waals surface area contributed by atoms with Gasteiger partial charge in [0.1, 0.15) is 5.75 Å². The van der Waals surface area contributed by atoms with Crippen molar-refractivity contribution in [2.75, 3.05) is 0 Å². The Bertz CT molecular complexity index is 505. The van der Waals surface area contributed by atoms with E-state index in [9.17, 15) is 0 Å².